The molecule has 1 aromatic heterocycles. The van der Waals surface area contributed by atoms with Gasteiger partial charge in [-0.3, -0.25) is 4.90 Å². The second-order valence-electron chi connectivity index (χ2n) is 8.55. The van der Waals surface area contributed by atoms with Gasteiger partial charge in [0, 0.05) is 13.1 Å². The van der Waals surface area contributed by atoms with Gasteiger partial charge in [-0.15, -0.1) is 0 Å². The van der Waals surface area contributed by atoms with Crippen molar-refractivity contribution in [2.45, 2.75) is 39.3 Å². The van der Waals surface area contributed by atoms with E-state index in [2.05, 4.69) is 18.7 Å². The number of ether oxygens (including phenoxy) is 1. The summed E-state index contributed by atoms with van der Waals surface area (Å²) in [5.74, 6) is 0.834. The number of aromatic nitrogens is 2. The van der Waals surface area contributed by atoms with Crippen molar-refractivity contribution >= 4 is 0 Å². The number of rotatable bonds is 11. The molecule has 1 N–H and O–H groups in total. The molecule has 0 aliphatic rings. The predicted molar refractivity (Wildman–Crippen MR) is 136 cm³/mol. The number of nitrogens with zero attached hydrogens (tertiary/aromatic N) is 3. The first-order valence-corrected chi connectivity index (χ1v) is 12.1. The molecule has 1 atom stereocenters. The zero-order valence-electron chi connectivity index (χ0n) is 20.3. The second kappa shape index (κ2) is 11.8. The zero-order chi connectivity index (χ0) is 24.6. The van der Waals surface area contributed by atoms with Gasteiger partial charge >= 0.3 is 0 Å². The number of benzene rings is 3. The summed E-state index contributed by atoms with van der Waals surface area (Å²) in [7, 11) is 0. The fraction of sp³-hybridized carbons (Fsp3) is 0.276. The van der Waals surface area contributed by atoms with Crippen LogP contribution >= 0.6 is 0 Å². The molecule has 0 spiro atoms. The van der Waals surface area contributed by atoms with Crippen molar-refractivity contribution in [2.75, 3.05) is 13.1 Å². The summed E-state index contributed by atoms with van der Waals surface area (Å²) in [5, 5.41) is 15.8. The molecule has 0 radical (unpaired) electrons. The maximum Gasteiger partial charge on any atom is 0.227 e. The van der Waals surface area contributed by atoms with E-state index in [-0.39, 0.29) is 5.82 Å². The van der Waals surface area contributed by atoms with Gasteiger partial charge < -0.3 is 9.84 Å². The highest BCUT2D eigenvalue weighted by molar-refractivity contribution is 5.43. The van der Waals surface area contributed by atoms with Crippen LogP contribution < -0.4 is 4.74 Å². The van der Waals surface area contributed by atoms with Crippen LogP contribution in [0.3, 0.4) is 0 Å². The average Bonchev–Trinajstić information content (AvgIpc) is 3.23. The topological polar surface area (TPSA) is 50.5 Å². The molecule has 0 bridgehead atoms. The Morgan fingerprint density at radius 3 is 2.23 bits per heavy atom. The van der Waals surface area contributed by atoms with Crippen molar-refractivity contribution in [2.24, 2.45) is 0 Å². The van der Waals surface area contributed by atoms with Crippen molar-refractivity contribution in [1.82, 2.24) is 14.7 Å². The predicted octanol–water partition coefficient (Wildman–Crippen LogP) is 6.31. The number of aryl methyl sites for hydroxylation is 1. The summed E-state index contributed by atoms with van der Waals surface area (Å²) in [5.41, 5.74) is 3.68. The van der Waals surface area contributed by atoms with Gasteiger partial charge in [-0.1, -0.05) is 62.4 Å². The number of hydrogen-bond acceptors (Lipinski definition) is 4. The van der Waals surface area contributed by atoms with Crippen LogP contribution in [-0.4, -0.2) is 32.9 Å². The minimum absolute atomic E-state index is 0.313. The van der Waals surface area contributed by atoms with Gasteiger partial charge in [0.15, 0.2) is 0 Å². The number of aliphatic hydroxyl groups excluding tert-OH is 1. The number of hydrogen-bond donors (Lipinski definition) is 1. The fourth-order valence-corrected chi connectivity index (χ4v) is 4.18. The molecule has 0 saturated heterocycles. The smallest absolute Gasteiger partial charge is 0.227 e. The first-order valence-electron chi connectivity index (χ1n) is 12.1. The third-order valence-electron chi connectivity index (χ3n) is 5.92. The lowest BCUT2D eigenvalue weighted by atomic mass is 10.1. The highest BCUT2D eigenvalue weighted by atomic mass is 19.1. The van der Waals surface area contributed by atoms with Gasteiger partial charge in [0.05, 0.1) is 23.0 Å². The van der Waals surface area contributed by atoms with Gasteiger partial charge in [-0.05, 0) is 61.3 Å². The van der Waals surface area contributed by atoms with Crippen LogP contribution in [0.15, 0.2) is 84.9 Å². The summed E-state index contributed by atoms with van der Waals surface area (Å²) < 4.78 is 21.7. The summed E-state index contributed by atoms with van der Waals surface area (Å²) in [6.07, 6.45) is 1.08. The Hall–Kier alpha value is -3.48. The van der Waals surface area contributed by atoms with Gasteiger partial charge in [-0.25, -0.2) is 9.07 Å². The molecule has 0 aliphatic carbocycles. The molecule has 5 nitrogen and oxygen atoms in total. The first kappa shape index (κ1) is 24.6. The Labute approximate surface area is 206 Å². The molecule has 182 valence electrons. The van der Waals surface area contributed by atoms with E-state index in [0.717, 1.165) is 41.9 Å². The Morgan fingerprint density at radius 1 is 0.943 bits per heavy atom. The normalized spacial score (nSPS) is 12.1. The first-order chi connectivity index (χ1) is 17.1. The van der Waals surface area contributed by atoms with Crippen molar-refractivity contribution in [3.63, 3.8) is 0 Å². The van der Waals surface area contributed by atoms with Crippen molar-refractivity contribution in [1.29, 1.82) is 0 Å². The molecule has 35 heavy (non-hydrogen) atoms. The average molecular weight is 474 g/mol. The number of para-hydroxylation sites is 1. The van der Waals surface area contributed by atoms with Gasteiger partial charge in [0.1, 0.15) is 11.6 Å². The van der Waals surface area contributed by atoms with Gasteiger partial charge in [-0.2, -0.15) is 5.10 Å². The number of aliphatic hydroxyl groups is 1. The molecule has 0 amide bonds. The molecule has 1 heterocycles. The largest absolute Gasteiger partial charge is 0.439 e. The summed E-state index contributed by atoms with van der Waals surface area (Å²) in [6, 6.07) is 25.6. The van der Waals surface area contributed by atoms with E-state index < -0.39 is 6.10 Å². The Kier molecular flexibility index (Phi) is 8.29. The molecular formula is C29H32FN3O2. The van der Waals surface area contributed by atoms with E-state index in [1.165, 1.54) is 12.1 Å². The maximum absolute atomic E-state index is 13.5. The highest BCUT2D eigenvalue weighted by Gasteiger charge is 2.23. The van der Waals surface area contributed by atoms with E-state index in [9.17, 15) is 9.50 Å². The molecule has 4 rings (SSSR count). The van der Waals surface area contributed by atoms with E-state index in [4.69, 9.17) is 9.84 Å². The summed E-state index contributed by atoms with van der Waals surface area (Å²) in [6.45, 7) is 6.09. The van der Waals surface area contributed by atoms with Crippen molar-refractivity contribution < 1.29 is 14.2 Å². The van der Waals surface area contributed by atoms with Crippen LogP contribution in [-0.2, 0) is 13.0 Å². The Balaban J connectivity index is 1.70. The van der Waals surface area contributed by atoms with Gasteiger partial charge in [0.25, 0.3) is 0 Å². The minimum atomic E-state index is -0.599. The SMILES string of the molecule is CCCN(Cc1c(CC)nn(-c2ccccc2)c1Oc1ccc(F)cc1)CC(O)c1ccccc1. The van der Waals surface area contributed by atoms with Crippen LogP contribution in [0.2, 0.25) is 0 Å². The number of halogens is 1. The quantitative estimate of drug-likeness (QED) is 0.277. The highest BCUT2D eigenvalue weighted by Crippen LogP contribution is 2.32. The summed E-state index contributed by atoms with van der Waals surface area (Å²) >= 11 is 0. The Morgan fingerprint density at radius 2 is 1.60 bits per heavy atom. The molecule has 0 aliphatic heterocycles. The van der Waals surface area contributed by atoms with Crippen LogP contribution in [0.1, 0.15) is 43.2 Å². The van der Waals surface area contributed by atoms with Gasteiger partial charge in [0.2, 0.25) is 5.88 Å². The lowest BCUT2D eigenvalue weighted by molar-refractivity contribution is 0.108. The second-order valence-corrected chi connectivity index (χ2v) is 8.55. The molecule has 6 heteroatoms. The third-order valence-corrected chi connectivity index (χ3v) is 5.92. The van der Waals surface area contributed by atoms with E-state index in [1.807, 2.05) is 65.3 Å². The van der Waals surface area contributed by atoms with Crippen LogP contribution in [0.4, 0.5) is 4.39 Å². The van der Waals surface area contributed by atoms with Crippen molar-refractivity contribution in [3.8, 4) is 17.3 Å². The summed E-state index contributed by atoms with van der Waals surface area (Å²) in [4.78, 5) is 2.24. The molecule has 3 aromatic carbocycles. The van der Waals surface area contributed by atoms with Crippen molar-refractivity contribution in [3.05, 3.63) is 108 Å². The third kappa shape index (κ3) is 6.15. The standard InChI is InChI=1S/C29H32FN3O2/c1-3-19-32(21-28(34)22-11-7-5-8-12-22)20-26-27(4-2)31-33(24-13-9-6-10-14-24)29(26)35-25-17-15-23(30)16-18-25/h5-18,28,34H,3-4,19-21H2,1-2H3. The van der Waals surface area contributed by atoms with Crippen LogP contribution in [0.5, 0.6) is 11.6 Å². The lowest BCUT2D eigenvalue weighted by Crippen LogP contribution is -2.29. The monoisotopic (exact) mass is 473 g/mol. The van der Waals surface area contributed by atoms with E-state index in [0.29, 0.717) is 24.7 Å². The van der Waals surface area contributed by atoms with Crippen LogP contribution in [0, 0.1) is 5.82 Å². The van der Waals surface area contributed by atoms with E-state index >= 15 is 0 Å². The van der Waals surface area contributed by atoms with E-state index in [1.54, 1.807) is 12.1 Å². The molecule has 0 saturated carbocycles. The minimum Gasteiger partial charge on any atom is -0.439 e. The molecule has 4 aromatic rings. The maximum atomic E-state index is 13.5. The molecular weight excluding hydrogens is 441 g/mol. The fourth-order valence-electron chi connectivity index (χ4n) is 4.18. The molecule has 1 unspecified atom stereocenters. The lowest BCUT2D eigenvalue weighted by Gasteiger charge is -2.25. The zero-order valence-corrected chi connectivity index (χ0v) is 20.3. The van der Waals surface area contributed by atoms with Crippen LogP contribution in [0.25, 0.3) is 5.69 Å². The Bertz CT molecular complexity index is 1190. The molecule has 0 fully saturated rings.